The Balaban J connectivity index is 1.63. The number of hydrogen-bond donors (Lipinski definition) is 0. The number of rotatable bonds is 4. The van der Waals surface area contributed by atoms with Crippen molar-refractivity contribution >= 4 is 6.40 Å². The van der Waals surface area contributed by atoms with Gasteiger partial charge in [-0.3, -0.25) is 4.99 Å². The summed E-state index contributed by atoms with van der Waals surface area (Å²) in [4.78, 5) is 4.89. The van der Waals surface area contributed by atoms with Crippen molar-refractivity contribution in [2.45, 2.75) is 82.3 Å². The Kier molecular flexibility index (Phi) is 4.91. The molecule has 1 heterocycles. The topological polar surface area (TPSA) is 21.6 Å². The van der Waals surface area contributed by atoms with Crippen LogP contribution in [0.15, 0.2) is 35.3 Å². The molecular weight excluding hydrogens is 294 g/mol. The molecule has 2 nitrogen and oxygen atoms in total. The van der Waals surface area contributed by atoms with Crippen LogP contribution in [0.3, 0.4) is 0 Å². The molecule has 0 spiro atoms. The molecule has 0 saturated heterocycles. The highest BCUT2D eigenvalue weighted by Gasteiger charge is 2.54. The van der Waals surface area contributed by atoms with Gasteiger partial charge < -0.3 is 4.74 Å². The minimum absolute atomic E-state index is 0.0172. The van der Waals surface area contributed by atoms with Crippen molar-refractivity contribution in [2.24, 2.45) is 16.8 Å². The third kappa shape index (κ3) is 3.00. The van der Waals surface area contributed by atoms with Crippen molar-refractivity contribution in [1.29, 1.82) is 0 Å². The zero-order valence-electron chi connectivity index (χ0n) is 14.8. The van der Waals surface area contributed by atoms with Gasteiger partial charge in [0.25, 0.3) is 0 Å². The molecule has 2 saturated carbocycles. The first-order valence-electron chi connectivity index (χ1n) is 10.1. The Morgan fingerprint density at radius 1 is 0.833 bits per heavy atom. The van der Waals surface area contributed by atoms with Crippen LogP contribution in [0.5, 0.6) is 0 Å². The second-order valence-electron chi connectivity index (χ2n) is 8.10. The van der Waals surface area contributed by atoms with Crippen molar-refractivity contribution in [3.05, 3.63) is 35.9 Å². The molecule has 1 aromatic rings. The van der Waals surface area contributed by atoms with E-state index in [1.54, 1.807) is 0 Å². The fourth-order valence-electron chi connectivity index (χ4n) is 5.62. The summed E-state index contributed by atoms with van der Waals surface area (Å²) in [5.74, 6) is 1.40. The van der Waals surface area contributed by atoms with Gasteiger partial charge in [0.05, 0.1) is 6.04 Å². The van der Waals surface area contributed by atoms with Crippen molar-refractivity contribution in [1.82, 2.24) is 0 Å². The van der Waals surface area contributed by atoms with Gasteiger partial charge in [0, 0.05) is 11.8 Å². The summed E-state index contributed by atoms with van der Waals surface area (Å²) in [6.07, 6.45) is 16.5. The average molecular weight is 325 g/mol. The van der Waals surface area contributed by atoms with Gasteiger partial charge in [0.1, 0.15) is 5.60 Å². The molecular formula is C22H31NO. The lowest BCUT2D eigenvalue weighted by atomic mass is 9.62. The Bertz CT molecular complexity index is 522. The van der Waals surface area contributed by atoms with Gasteiger partial charge in [-0.05, 0) is 37.7 Å². The molecule has 0 radical (unpaired) electrons. The molecule has 2 fully saturated rings. The highest BCUT2D eigenvalue weighted by molar-refractivity contribution is 5.52. The van der Waals surface area contributed by atoms with E-state index in [0.717, 1.165) is 6.42 Å². The van der Waals surface area contributed by atoms with Crippen molar-refractivity contribution in [3.8, 4) is 0 Å². The lowest BCUT2D eigenvalue weighted by molar-refractivity contribution is -0.0767. The summed E-state index contributed by atoms with van der Waals surface area (Å²) < 4.78 is 6.51. The quantitative estimate of drug-likeness (QED) is 0.710. The van der Waals surface area contributed by atoms with Gasteiger partial charge in [-0.25, -0.2) is 0 Å². The SMILES string of the molecule is C1=N[C@H](Cc2ccccc2)C(C2CCCCC2)(C2CCCCC2)O1. The molecule has 0 unspecified atom stereocenters. The molecule has 0 aromatic heterocycles. The fourth-order valence-corrected chi connectivity index (χ4v) is 5.62. The molecule has 1 aliphatic heterocycles. The molecule has 0 amide bonds. The molecule has 1 aromatic carbocycles. The van der Waals surface area contributed by atoms with Gasteiger partial charge in [-0.15, -0.1) is 0 Å². The molecule has 3 aliphatic rings. The normalized spacial score (nSPS) is 27.9. The second kappa shape index (κ2) is 7.29. The minimum atomic E-state index is -0.0172. The van der Waals surface area contributed by atoms with E-state index in [1.807, 2.05) is 6.40 Å². The maximum atomic E-state index is 6.51. The van der Waals surface area contributed by atoms with Crippen LogP contribution in [0, 0.1) is 11.8 Å². The average Bonchev–Trinajstić information content (AvgIpc) is 3.08. The van der Waals surface area contributed by atoms with Gasteiger partial charge >= 0.3 is 0 Å². The summed E-state index contributed by atoms with van der Waals surface area (Å²) in [5, 5.41) is 0. The second-order valence-corrected chi connectivity index (χ2v) is 8.10. The van der Waals surface area contributed by atoms with Crippen molar-refractivity contribution < 1.29 is 4.74 Å². The van der Waals surface area contributed by atoms with Gasteiger partial charge in [0.15, 0.2) is 6.40 Å². The van der Waals surface area contributed by atoms with Crippen LogP contribution in [0.4, 0.5) is 0 Å². The number of hydrogen-bond acceptors (Lipinski definition) is 2. The first-order chi connectivity index (χ1) is 11.9. The van der Waals surface area contributed by atoms with Crippen LogP contribution in [0.1, 0.15) is 69.8 Å². The van der Waals surface area contributed by atoms with E-state index in [2.05, 4.69) is 30.3 Å². The summed E-state index contributed by atoms with van der Waals surface area (Å²) in [6.45, 7) is 0. The number of benzene rings is 1. The smallest absolute Gasteiger partial charge is 0.170 e. The van der Waals surface area contributed by atoms with Gasteiger partial charge in [0.2, 0.25) is 0 Å². The Morgan fingerprint density at radius 3 is 2.00 bits per heavy atom. The van der Waals surface area contributed by atoms with E-state index in [9.17, 15) is 0 Å². The Hall–Kier alpha value is -1.31. The molecule has 1 atom stereocenters. The van der Waals surface area contributed by atoms with Crippen LogP contribution < -0.4 is 0 Å². The third-order valence-corrected chi connectivity index (χ3v) is 6.78. The number of aliphatic imine (C=N–C) groups is 1. The van der Waals surface area contributed by atoms with Crippen LogP contribution >= 0.6 is 0 Å². The first kappa shape index (κ1) is 16.2. The number of nitrogens with zero attached hydrogens (tertiary/aromatic N) is 1. The van der Waals surface area contributed by atoms with E-state index >= 15 is 0 Å². The van der Waals surface area contributed by atoms with E-state index in [1.165, 1.54) is 69.8 Å². The Morgan fingerprint density at radius 2 is 1.42 bits per heavy atom. The molecule has 130 valence electrons. The highest BCUT2D eigenvalue weighted by Crippen LogP contribution is 2.50. The molecule has 2 heteroatoms. The molecule has 2 aliphatic carbocycles. The van der Waals surface area contributed by atoms with Crippen LogP contribution in [-0.4, -0.2) is 18.0 Å². The van der Waals surface area contributed by atoms with E-state index in [-0.39, 0.29) is 5.60 Å². The standard InChI is InChI=1S/C22H31NO/c1-4-10-18(11-5-1)16-21-22(24-17-23-21,19-12-6-2-7-13-19)20-14-8-3-9-15-20/h1,4-5,10-11,17,19-21H,2-3,6-9,12-16H2/t21-/m1/s1. The maximum absolute atomic E-state index is 6.51. The zero-order valence-corrected chi connectivity index (χ0v) is 14.8. The highest BCUT2D eigenvalue weighted by atomic mass is 16.5. The summed E-state index contributed by atoms with van der Waals surface area (Å²) in [7, 11) is 0. The first-order valence-corrected chi connectivity index (χ1v) is 10.1. The summed E-state index contributed by atoms with van der Waals surface area (Å²) in [6, 6.07) is 11.2. The predicted molar refractivity (Wildman–Crippen MR) is 99.4 cm³/mol. The largest absolute Gasteiger partial charge is 0.474 e. The van der Waals surface area contributed by atoms with Gasteiger partial charge in [-0.2, -0.15) is 0 Å². The third-order valence-electron chi connectivity index (χ3n) is 6.78. The molecule has 0 N–H and O–H groups in total. The van der Waals surface area contributed by atoms with Gasteiger partial charge in [-0.1, -0.05) is 68.9 Å². The van der Waals surface area contributed by atoms with Crippen LogP contribution in [-0.2, 0) is 11.2 Å². The lowest BCUT2D eigenvalue weighted by Gasteiger charge is -2.48. The van der Waals surface area contributed by atoms with Crippen molar-refractivity contribution in [2.75, 3.05) is 0 Å². The molecule has 0 bridgehead atoms. The zero-order chi connectivity index (χ0) is 16.2. The lowest BCUT2D eigenvalue weighted by Crippen LogP contribution is -2.54. The minimum Gasteiger partial charge on any atom is -0.474 e. The molecule has 24 heavy (non-hydrogen) atoms. The van der Waals surface area contributed by atoms with Crippen LogP contribution in [0.25, 0.3) is 0 Å². The Labute approximate surface area is 146 Å². The van der Waals surface area contributed by atoms with E-state index in [4.69, 9.17) is 9.73 Å². The van der Waals surface area contributed by atoms with Crippen LogP contribution in [0.2, 0.25) is 0 Å². The summed E-state index contributed by atoms with van der Waals surface area (Å²) in [5.41, 5.74) is 1.39. The molecule has 4 rings (SSSR count). The van der Waals surface area contributed by atoms with E-state index < -0.39 is 0 Å². The van der Waals surface area contributed by atoms with Crippen molar-refractivity contribution in [3.63, 3.8) is 0 Å². The van der Waals surface area contributed by atoms with E-state index in [0.29, 0.717) is 17.9 Å². The monoisotopic (exact) mass is 325 g/mol. The maximum Gasteiger partial charge on any atom is 0.170 e. The predicted octanol–water partition coefficient (Wildman–Crippen LogP) is 5.56. The fraction of sp³-hybridized carbons (Fsp3) is 0.682. The summed E-state index contributed by atoms with van der Waals surface area (Å²) >= 11 is 0. The number of ether oxygens (including phenoxy) is 1.